The number of furan rings is 3. The second-order valence-electron chi connectivity index (χ2n) is 22.1. The lowest BCUT2D eigenvalue weighted by molar-refractivity contribution is 0.669. The van der Waals surface area contributed by atoms with E-state index in [-0.39, 0.29) is 0 Å². The highest BCUT2D eigenvalue weighted by Crippen LogP contribution is 2.43. The number of benzene rings is 12. The van der Waals surface area contributed by atoms with Gasteiger partial charge in [0.1, 0.15) is 33.4 Å². The molecule has 7 aromatic heterocycles. The third-order valence-corrected chi connectivity index (χ3v) is 16.9. The Morgan fingerprint density at radius 3 is 1.17 bits per heavy atom. The first-order valence-electron chi connectivity index (χ1n) is 29.5. The molecule has 0 atom stereocenters. The first-order chi connectivity index (χ1) is 44.1. The molecule has 19 rings (SSSR count). The molecule has 0 aliphatic rings. The van der Waals surface area contributed by atoms with Crippen molar-refractivity contribution in [2.45, 2.75) is 0 Å². The van der Waals surface area contributed by atoms with Crippen molar-refractivity contribution >= 4 is 109 Å². The van der Waals surface area contributed by atoms with E-state index < -0.39 is 0 Å². The molecule has 0 fully saturated rings. The molecule has 0 amide bonds. The van der Waals surface area contributed by atoms with Gasteiger partial charge in [-0.05, 0) is 65.7 Å². The fraction of sp³-hybridized carbons (Fsp3) is 0. The predicted molar refractivity (Wildman–Crippen MR) is 357 cm³/mol. The summed E-state index contributed by atoms with van der Waals surface area (Å²) in [5, 5.41) is 10.6. The normalized spacial score (nSPS) is 11.8. The van der Waals surface area contributed by atoms with Gasteiger partial charge in [-0.2, -0.15) is 19.9 Å². The van der Waals surface area contributed by atoms with Gasteiger partial charge in [0, 0.05) is 76.1 Å². The summed E-state index contributed by atoms with van der Waals surface area (Å²) in [6, 6.07) is 94.7. The lowest BCUT2D eigenvalue weighted by Gasteiger charge is -2.11. The summed E-state index contributed by atoms with van der Waals surface area (Å²) >= 11 is 0. The molecule has 11 nitrogen and oxygen atoms in total. The van der Waals surface area contributed by atoms with Crippen LogP contribution in [-0.2, 0) is 0 Å². The zero-order valence-electron chi connectivity index (χ0n) is 47.4. The molecule has 7 heterocycles. The van der Waals surface area contributed by atoms with Crippen LogP contribution in [0.3, 0.4) is 0 Å². The number of hydrogen-bond acceptors (Lipinski definition) is 9. The van der Waals surface area contributed by atoms with Gasteiger partial charge in [0.2, 0.25) is 11.9 Å². The lowest BCUT2D eigenvalue weighted by Crippen LogP contribution is -2.06. The SMILES string of the molecule is c1ccc(-c2cccc(-c3nc(-c4ccccc4)nc(-n4c5ccccc5c5ccc6c7ccccc7oc6c54)n3)c2)cc1.c1ccc(-c2nc(-c3cccc4oc5ccccc5c34)nc(-n3c4ccccc4c4ccc5c6ccccc6oc5c43)n2)cc1. The molecule has 0 saturated heterocycles. The van der Waals surface area contributed by atoms with Crippen LogP contribution in [0.2, 0.25) is 0 Å². The standard InChI is InChI=1S/C39H22N4O2.C39H24N4O/c1-2-11-23(12-3-1)37-40-38(29-16-10-20-33-34(29)28-15-6-9-19-32(28)44-33)42-39(41-37)43-30-17-7-4-13-24(30)26-21-22-27-25-14-5-8-18-31(25)45-36(27)35(26)43;1-3-12-25(13-4-1)27-16-11-17-28(24-27)38-40-37(26-14-5-2-6-15-26)41-39(42-38)43-33-20-9-7-18-29(33)31-22-23-32-30-19-8-10-21-34(30)44-36(32)35(31)43/h1-22H;1-24H. The zero-order chi connectivity index (χ0) is 58.5. The topological polar surface area (TPSA) is 127 Å². The van der Waals surface area contributed by atoms with Crippen LogP contribution in [0.25, 0.3) is 178 Å². The summed E-state index contributed by atoms with van der Waals surface area (Å²) in [4.78, 5) is 30.7. The predicted octanol–water partition coefficient (Wildman–Crippen LogP) is 20.0. The Balaban J connectivity index is 0.000000133. The molecular formula is C78H46N8O3. The Hall–Kier alpha value is -12.3. The molecule has 89 heavy (non-hydrogen) atoms. The first kappa shape index (κ1) is 50.0. The van der Waals surface area contributed by atoms with Crippen molar-refractivity contribution in [3.8, 4) is 68.6 Å². The Morgan fingerprint density at radius 2 is 0.618 bits per heavy atom. The van der Waals surface area contributed by atoms with Gasteiger partial charge < -0.3 is 13.3 Å². The van der Waals surface area contributed by atoms with E-state index in [1.54, 1.807) is 0 Å². The van der Waals surface area contributed by atoms with Gasteiger partial charge in [-0.1, -0.05) is 224 Å². The molecule has 19 aromatic rings. The molecule has 0 N–H and O–H groups in total. The molecular weight excluding hydrogens is 1100 g/mol. The van der Waals surface area contributed by atoms with Crippen LogP contribution in [0.15, 0.2) is 292 Å². The van der Waals surface area contributed by atoms with Crippen molar-refractivity contribution < 1.29 is 13.3 Å². The van der Waals surface area contributed by atoms with E-state index in [2.05, 4.69) is 149 Å². The van der Waals surface area contributed by atoms with Gasteiger partial charge in [0.25, 0.3) is 0 Å². The quantitative estimate of drug-likeness (QED) is 0.153. The monoisotopic (exact) mass is 1140 g/mol. The molecule has 0 bridgehead atoms. The van der Waals surface area contributed by atoms with Crippen molar-refractivity contribution in [1.29, 1.82) is 0 Å². The van der Waals surface area contributed by atoms with Crippen LogP contribution in [0.5, 0.6) is 0 Å². The maximum Gasteiger partial charge on any atom is 0.238 e. The third kappa shape index (κ3) is 8.13. The molecule has 0 spiro atoms. The Morgan fingerprint density at radius 1 is 0.236 bits per heavy atom. The highest BCUT2D eigenvalue weighted by Gasteiger charge is 2.25. The van der Waals surface area contributed by atoms with Crippen molar-refractivity contribution in [3.63, 3.8) is 0 Å². The molecule has 0 radical (unpaired) electrons. The van der Waals surface area contributed by atoms with E-state index in [1.165, 1.54) is 0 Å². The van der Waals surface area contributed by atoms with Crippen molar-refractivity contribution in [2.24, 2.45) is 0 Å². The maximum atomic E-state index is 6.58. The first-order valence-corrected chi connectivity index (χ1v) is 29.5. The maximum absolute atomic E-state index is 6.58. The minimum atomic E-state index is 0.516. The van der Waals surface area contributed by atoms with Crippen LogP contribution >= 0.6 is 0 Å². The smallest absolute Gasteiger partial charge is 0.238 e. The largest absolute Gasteiger partial charge is 0.456 e. The van der Waals surface area contributed by atoms with Gasteiger partial charge >= 0.3 is 0 Å². The number of rotatable bonds is 7. The molecule has 11 heteroatoms. The Labute approximate surface area is 506 Å². The van der Waals surface area contributed by atoms with Gasteiger partial charge in [0.15, 0.2) is 34.5 Å². The van der Waals surface area contributed by atoms with E-state index in [9.17, 15) is 0 Å². The summed E-state index contributed by atoms with van der Waals surface area (Å²) in [5.74, 6) is 3.43. The van der Waals surface area contributed by atoms with E-state index in [0.29, 0.717) is 35.2 Å². The highest BCUT2D eigenvalue weighted by atomic mass is 16.3. The third-order valence-electron chi connectivity index (χ3n) is 16.9. The molecule has 416 valence electrons. The number of nitrogens with zero attached hydrogens (tertiary/aromatic N) is 8. The summed E-state index contributed by atoms with van der Waals surface area (Å²) in [6.45, 7) is 0. The van der Waals surface area contributed by atoms with E-state index in [1.807, 2.05) is 140 Å². The van der Waals surface area contributed by atoms with E-state index >= 15 is 0 Å². The summed E-state index contributed by atoms with van der Waals surface area (Å²) in [6.07, 6.45) is 0. The average Bonchev–Trinajstić information content (AvgIpc) is 1.61. The number of hydrogen-bond donors (Lipinski definition) is 0. The minimum Gasteiger partial charge on any atom is -0.456 e. The number of fused-ring (bicyclic) bond motifs is 17. The summed E-state index contributed by atoms with van der Waals surface area (Å²) in [7, 11) is 0. The van der Waals surface area contributed by atoms with E-state index in [0.717, 1.165) is 143 Å². The Bertz CT molecular complexity index is 6000. The van der Waals surface area contributed by atoms with Crippen LogP contribution in [0, 0.1) is 0 Å². The fourth-order valence-corrected chi connectivity index (χ4v) is 12.9. The van der Waals surface area contributed by atoms with Gasteiger partial charge in [-0.15, -0.1) is 0 Å². The second kappa shape index (κ2) is 20.2. The second-order valence-corrected chi connectivity index (χ2v) is 22.1. The van der Waals surface area contributed by atoms with Gasteiger partial charge in [-0.3, -0.25) is 9.13 Å². The molecule has 0 aliphatic heterocycles. The van der Waals surface area contributed by atoms with Crippen molar-refractivity contribution in [1.82, 2.24) is 39.0 Å². The molecule has 0 unspecified atom stereocenters. The van der Waals surface area contributed by atoms with Crippen LogP contribution in [-0.4, -0.2) is 39.0 Å². The van der Waals surface area contributed by atoms with Gasteiger partial charge in [0.05, 0.1) is 11.0 Å². The number of para-hydroxylation sites is 5. The molecule has 0 aliphatic carbocycles. The average molecular weight is 1140 g/mol. The van der Waals surface area contributed by atoms with Crippen LogP contribution < -0.4 is 0 Å². The van der Waals surface area contributed by atoms with Crippen molar-refractivity contribution in [2.75, 3.05) is 0 Å². The fourth-order valence-electron chi connectivity index (χ4n) is 12.9. The zero-order valence-corrected chi connectivity index (χ0v) is 47.4. The summed E-state index contributed by atoms with van der Waals surface area (Å²) < 4.78 is 23.6. The minimum absolute atomic E-state index is 0.516. The van der Waals surface area contributed by atoms with Crippen LogP contribution in [0.4, 0.5) is 0 Å². The van der Waals surface area contributed by atoms with Crippen molar-refractivity contribution in [3.05, 3.63) is 279 Å². The van der Waals surface area contributed by atoms with Crippen LogP contribution in [0.1, 0.15) is 0 Å². The van der Waals surface area contributed by atoms with E-state index in [4.69, 9.17) is 43.2 Å². The highest BCUT2D eigenvalue weighted by molar-refractivity contribution is 6.23. The van der Waals surface area contributed by atoms with Gasteiger partial charge in [-0.25, -0.2) is 9.97 Å². The lowest BCUT2D eigenvalue weighted by atomic mass is 10.0. The Kier molecular flexibility index (Phi) is 11.3. The number of aromatic nitrogens is 8. The molecule has 12 aromatic carbocycles. The summed E-state index contributed by atoms with van der Waals surface area (Å²) in [5.41, 5.74) is 14.7. The molecule has 0 saturated carbocycles.